The molecule has 0 radical (unpaired) electrons. The van der Waals surface area contributed by atoms with Gasteiger partial charge in [0, 0.05) is 15.1 Å². The largest absolute Gasteiger partial charge is 0.207 e. The first-order valence-electron chi connectivity index (χ1n) is 7.45. The fourth-order valence-electron chi connectivity index (χ4n) is 2.59. The molecule has 0 spiro atoms. The van der Waals surface area contributed by atoms with Gasteiger partial charge in [-0.05, 0) is 47.9 Å². The minimum absolute atomic E-state index is 0.0438. The lowest BCUT2D eigenvalue weighted by Gasteiger charge is -2.10. The average Bonchev–Trinajstić information content (AvgIpc) is 2.55. The SMILES string of the molecule is C[C@H](I)c1ccc(-c2ccc(-c3ccc(F)cc3)cc2F)cc1F. The van der Waals surface area contributed by atoms with Gasteiger partial charge in [0.2, 0.25) is 0 Å². The third kappa shape index (κ3) is 3.48. The minimum atomic E-state index is -0.438. The fourth-order valence-corrected chi connectivity index (χ4v) is 3.09. The van der Waals surface area contributed by atoms with Gasteiger partial charge in [-0.25, -0.2) is 13.2 Å². The van der Waals surface area contributed by atoms with E-state index in [0.717, 1.165) is 5.56 Å². The maximum atomic E-state index is 14.5. The van der Waals surface area contributed by atoms with Crippen LogP contribution >= 0.6 is 22.6 Å². The molecule has 1 atom stereocenters. The highest BCUT2D eigenvalue weighted by Gasteiger charge is 2.12. The molecule has 0 bridgehead atoms. The molecule has 0 amide bonds. The first kappa shape index (κ1) is 17.0. The van der Waals surface area contributed by atoms with Gasteiger partial charge in [-0.3, -0.25) is 0 Å². The summed E-state index contributed by atoms with van der Waals surface area (Å²) in [4.78, 5) is 0. The van der Waals surface area contributed by atoms with Crippen molar-refractivity contribution in [3.05, 3.63) is 83.7 Å². The van der Waals surface area contributed by atoms with Crippen molar-refractivity contribution in [1.29, 1.82) is 0 Å². The van der Waals surface area contributed by atoms with Crippen LogP contribution in [0.25, 0.3) is 22.3 Å². The van der Waals surface area contributed by atoms with Gasteiger partial charge in [0.15, 0.2) is 0 Å². The van der Waals surface area contributed by atoms with Crippen molar-refractivity contribution in [3.63, 3.8) is 0 Å². The molecular weight excluding hydrogens is 424 g/mol. The van der Waals surface area contributed by atoms with Gasteiger partial charge in [0.1, 0.15) is 17.5 Å². The van der Waals surface area contributed by atoms with Crippen LogP contribution in [0.1, 0.15) is 16.4 Å². The highest BCUT2D eigenvalue weighted by molar-refractivity contribution is 14.1. The molecule has 3 aromatic carbocycles. The highest BCUT2D eigenvalue weighted by atomic mass is 127. The molecular formula is C20H14F3I. The van der Waals surface area contributed by atoms with E-state index in [-0.39, 0.29) is 15.6 Å². The summed E-state index contributed by atoms with van der Waals surface area (Å²) in [6.07, 6.45) is 0. The van der Waals surface area contributed by atoms with Crippen molar-refractivity contribution < 1.29 is 13.2 Å². The zero-order valence-electron chi connectivity index (χ0n) is 12.9. The van der Waals surface area contributed by atoms with Gasteiger partial charge in [-0.1, -0.05) is 59.0 Å². The summed E-state index contributed by atoms with van der Waals surface area (Å²) >= 11 is 2.14. The molecule has 0 saturated carbocycles. The molecule has 0 aliphatic carbocycles. The van der Waals surface area contributed by atoms with Gasteiger partial charge in [0.25, 0.3) is 0 Å². The molecule has 0 nitrogen and oxygen atoms in total. The Morgan fingerprint density at radius 1 is 0.708 bits per heavy atom. The summed E-state index contributed by atoms with van der Waals surface area (Å²) in [6.45, 7) is 1.90. The maximum Gasteiger partial charge on any atom is 0.131 e. The molecule has 0 saturated heterocycles. The summed E-state index contributed by atoms with van der Waals surface area (Å²) < 4.78 is 41.7. The Labute approximate surface area is 152 Å². The quantitative estimate of drug-likeness (QED) is 0.307. The van der Waals surface area contributed by atoms with Crippen LogP contribution in [0.15, 0.2) is 60.7 Å². The molecule has 0 aromatic heterocycles. The maximum absolute atomic E-state index is 14.5. The molecule has 3 aromatic rings. The molecule has 0 N–H and O–H groups in total. The Kier molecular flexibility index (Phi) is 4.94. The van der Waals surface area contributed by atoms with E-state index in [4.69, 9.17) is 0 Å². The summed E-state index contributed by atoms with van der Waals surface area (Å²) in [5.74, 6) is -1.11. The number of rotatable bonds is 3. The first-order chi connectivity index (χ1) is 11.5. The van der Waals surface area contributed by atoms with Gasteiger partial charge in [-0.15, -0.1) is 0 Å². The Morgan fingerprint density at radius 2 is 1.29 bits per heavy atom. The molecule has 0 aliphatic heterocycles. The minimum Gasteiger partial charge on any atom is -0.207 e. The Balaban J connectivity index is 1.98. The van der Waals surface area contributed by atoms with Crippen LogP contribution in [0.4, 0.5) is 13.2 Å². The van der Waals surface area contributed by atoms with Gasteiger partial charge >= 0.3 is 0 Å². The molecule has 3 rings (SSSR count). The van der Waals surface area contributed by atoms with Crippen molar-refractivity contribution in [3.8, 4) is 22.3 Å². The summed E-state index contributed by atoms with van der Waals surface area (Å²) in [7, 11) is 0. The van der Waals surface area contributed by atoms with Gasteiger partial charge < -0.3 is 0 Å². The van der Waals surface area contributed by atoms with Crippen molar-refractivity contribution in [2.45, 2.75) is 10.8 Å². The standard InChI is InChI=1S/C20H14F3I/c1-12(24)17-8-5-15(11-19(17)22)18-9-4-14(10-20(18)23)13-2-6-16(21)7-3-13/h2-12H,1H3/t12-/m0/s1. The highest BCUT2D eigenvalue weighted by Crippen LogP contribution is 2.32. The van der Waals surface area contributed by atoms with E-state index in [1.165, 1.54) is 24.3 Å². The molecule has 0 unspecified atom stereocenters. The predicted molar refractivity (Wildman–Crippen MR) is 99.6 cm³/mol. The smallest absolute Gasteiger partial charge is 0.131 e. The molecule has 0 aliphatic rings. The summed E-state index contributed by atoms with van der Waals surface area (Å²) in [5, 5.41) is 0. The Bertz CT molecular complexity index is 871. The number of alkyl halides is 1. The lowest BCUT2D eigenvalue weighted by atomic mass is 9.98. The Morgan fingerprint density at radius 3 is 1.88 bits per heavy atom. The van der Waals surface area contributed by atoms with E-state index in [1.54, 1.807) is 36.4 Å². The van der Waals surface area contributed by atoms with E-state index < -0.39 is 5.82 Å². The molecule has 24 heavy (non-hydrogen) atoms. The van der Waals surface area contributed by atoms with Gasteiger partial charge in [-0.2, -0.15) is 0 Å². The van der Waals surface area contributed by atoms with Crippen LogP contribution in [-0.4, -0.2) is 0 Å². The molecule has 4 heteroatoms. The third-order valence-corrected chi connectivity index (χ3v) is 4.56. The summed E-state index contributed by atoms with van der Waals surface area (Å²) in [6, 6.07) is 15.4. The first-order valence-corrected chi connectivity index (χ1v) is 8.69. The molecule has 0 fully saturated rings. The monoisotopic (exact) mass is 438 g/mol. The normalized spacial score (nSPS) is 12.2. The van der Waals surface area contributed by atoms with Crippen LogP contribution in [0.2, 0.25) is 0 Å². The second-order valence-electron chi connectivity index (χ2n) is 5.55. The third-order valence-electron chi connectivity index (χ3n) is 3.89. The predicted octanol–water partition coefficient (Wildman–Crippen LogP) is 6.93. The number of halogens is 4. The topological polar surface area (TPSA) is 0 Å². The van der Waals surface area contributed by atoms with Gasteiger partial charge in [0.05, 0.1) is 0 Å². The van der Waals surface area contributed by atoms with Crippen LogP contribution in [0.3, 0.4) is 0 Å². The number of benzene rings is 3. The van der Waals surface area contributed by atoms with E-state index in [0.29, 0.717) is 22.3 Å². The molecule has 0 heterocycles. The van der Waals surface area contributed by atoms with Crippen LogP contribution < -0.4 is 0 Å². The number of hydrogen-bond acceptors (Lipinski definition) is 0. The van der Waals surface area contributed by atoms with Crippen molar-refractivity contribution >= 4 is 22.6 Å². The lowest BCUT2D eigenvalue weighted by Crippen LogP contribution is -1.93. The van der Waals surface area contributed by atoms with Crippen LogP contribution in [-0.2, 0) is 0 Å². The zero-order valence-corrected chi connectivity index (χ0v) is 15.0. The van der Waals surface area contributed by atoms with Crippen molar-refractivity contribution in [2.24, 2.45) is 0 Å². The van der Waals surface area contributed by atoms with E-state index in [9.17, 15) is 13.2 Å². The van der Waals surface area contributed by atoms with Crippen molar-refractivity contribution in [2.75, 3.05) is 0 Å². The lowest BCUT2D eigenvalue weighted by molar-refractivity contribution is 0.612. The van der Waals surface area contributed by atoms with Crippen LogP contribution in [0.5, 0.6) is 0 Å². The average molecular weight is 438 g/mol. The zero-order chi connectivity index (χ0) is 17.3. The van der Waals surface area contributed by atoms with E-state index in [1.807, 2.05) is 6.92 Å². The van der Waals surface area contributed by atoms with Crippen molar-refractivity contribution in [1.82, 2.24) is 0 Å². The van der Waals surface area contributed by atoms with E-state index in [2.05, 4.69) is 22.6 Å². The number of hydrogen-bond donors (Lipinski definition) is 0. The second-order valence-corrected chi connectivity index (χ2v) is 7.42. The Hall–Kier alpha value is -1.82. The fraction of sp³-hybridized carbons (Fsp3) is 0.100. The second kappa shape index (κ2) is 6.97. The summed E-state index contributed by atoms with van der Waals surface area (Å²) in [5.41, 5.74) is 2.81. The van der Waals surface area contributed by atoms with E-state index >= 15 is 0 Å². The molecule has 122 valence electrons. The van der Waals surface area contributed by atoms with Crippen LogP contribution in [0, 0.1) is 17.5 Å².